The number of hydrazone groups is 1. The highest BCUT2D eigenvalue weighted by Crippen LogP contribution is 2.39. The highest BCUT2D eigenvalue weighted by molar-refractivity contribution is 8.21. The number of nitrogens with zero attached hydrogens (tertiary/aromatic N) is 2. The standard InChI is InChI=1S/C8H18N2O2S/c1-7(2)8(3)6-10(9-4)13(5,11)12/h6-7,11-12H,4H2,1-3,5H3/b8-6+. The fraction of sp³-hybridized carbons (Fsp3) is 0.625. The van der Waals surface area contributed by atoms with E-state index in [1.807, 2.05) is 20.8 Å². The van der Waals surface area contributed by atoms with E-state index in [0.717, 1.165) is 9.99 Å². The Balaban J connectivity index is 4.64. The molecule has 0 aromatic carbocycles. The van der Waals surface area contributed by atoms with Gasteiger partial charge in [0.1, 0.15) is 0 Å². The molecule has 0 aliphatic rings. The van der Waals surface area contributed by atoms with Crippen LogP contribution in [0.3, 0.4) is 0 Å². The second-order valence-electron chi connectivity index (χ2n) is 3.26. The first kappa shape index (κ1) is 12.5. The van der Waals surface area contributed by atoms with E-state index in [9.17, 15) is 9.11 Å². The molecule has 0 rings (SSSR count). The molecule has 0 saturated carbocycles. The fourth-order valence-corrected chi connectivity index (χ4v) is 1.16. The zero-order chi connectivity index (χ0) is 10.6. The molecule has 13 heavy (non-hydrogen) atoms. The van der Waals surface area contributed by atoms with E-state index in [4.69, 9.17) is 0 Å². The Hall–Kier alpha value is -0.520. The first-order valence-electron chi connectivity index (χ1n) is 3.96. The van der Waals surface area contributed by atoms with E-state index in [1.165, 1.54) is 6.26 Å². The van der Waals surface area contributed by atoms with E-state index in [1.54, 1.807) is 6.20 Å². The predicted octanol–water partition coefficient (Wildman–Crippen LogP) is 2.76. The first-order chi connectivity index (χ1) is 5.79. The molecule has 0 radical (unpaired) electrons. The molecule has 0 aromatic heterocycles. The molecule has 2 N–H and O–H groups in total. The van der Waals surface area contributed by atoms with Crippen molar-refractivity contribution >= 4 is 17.5 Å². The van der Waals surface area contributed by atoms with Crippen LogP contribution in [-0.2, 0) is 0 Å². The van der Waals surface area contributed by atoms with Crippen LogP contribution in [0.5, 0.6) is 0 Å². The summed E-state index contributed by atoms with van der Waals surface area (Å²) < 4.78 is 19.7. The van der Waals surface area contributed by atoms with Crippen LogP contribution in [0.4, 0.5) is 0 Å². The minimum absolute atomic E-state index is 0.353. The third-order valence-corrected chi connectivity index (χ3v) is 2.65. The summed E-state index contributed by atoms with van der Waals surface area (Å²) in [6.45, 7) is 9.23. The highest BCUT2D eigenvalue weighted by atomic mass is 32.3. The summed E-state index contributed by atoms with van der Waals surface area (Å²) >= 11 is 0. The van der Waals surface area contributed by atoms with Gasteiger partial charge in [-0.25, -0.2) is 0 Å². The second kappa shape index (κ2) is 4.64. The molecule has 0 amide bonds. The lowest BCUT2D eigenvalue weighted by molar-refractivity contribution is 0.417. The van der Waals surface area contributed by atoms with Gasteiger partial charge in [-0.3, -0.25) is 9.11 Å². The largest absolute Gasteiger partial charge is 0.281 e. The summed E-state index contributed by atoms with van der Waals surface area (Å²) in [6.07, 6.45) is 2.92. The van der Waals surface area contributed by atoms with Crippen molar-refractivity contribution in [2.24, 2.45) is 11.0 Å². The molecule has 0 unspecified atom stereocenters. The summed E-state index contributed by atoms with van der Waals surface area (Å²) in [5.41, 5.74) is 1.02. The van der Waals surface area contributed by atoms with Crippen molar-refractivity contribution in [2.75, 3.05) is 6.26 Å². The van der Waals surface area contributed by atoms with E-state index >= 15 is 0 Å². The van der Waals surface area contributed by atoms with E-state index in [0.29, 0.717) is 5.92 Å². The van der Waals surface area contributed by atoms with Crippen LogP contribution < -0.4 is 0 Å². The van der Waals surface area contributed by atoms with Gasteiger partial charge in [-0.2, -0.15) is 9.52 Å². The summed E-state index contributed by atoms with van der Waals surface area (Å²) in [4.78, 5) is 0. The van der Waals surface area contributed by atoms with Crippen LogP contribution in [0.15, 0.2) is 16.9 Å². The Labute approximate surface area is 81.4 Å². The van der Waals surface area contributed by atoms with E-state index in [2.05, 4.69) is 11.8 Å². The van der Waals surface area contributed by atoms with Crippen molar-refractivity contribution in [2.45, 2.75) is 20.8 Å². The Bertz CT molecular complexity index is 209. The van der Waals surface area contributed by atoms with Gasteiger partial charge < -0.3 is 0 Å². The van der Waals surface area contributed by atoms with Crippen molar-refractivity contribution in [3.8, 4) is 0 Å². The molecule has 5 heteroatoms. The molecule has 0 saturated heterocycles. The molecule has 0 fully saturated rings. The van der Waals surface area contributed by atoms with Gasteiger partial charge in [0.25, 0.3) is 0 Å². The van der Waals surface area contributed by atoms with Gasteiger partial charge in [0.15, 0.2) is 0 Å². The molecule has 0 spiro atoms. The average molecular weight is 206 g/mol. The van der Waals surface area contributed by atoms with Gasteiger partial charge in [0.2, 0.25) is 0 Å². The Morgan fingerprint density at radius 3 is 2.23 bits per heavy atom. The minimum Gasteiger partial charge on any atom is -0.281 e. The van der Waals surface area contributed by atoms with Crippen molar-refractivity contribution < 1.29 is 9.11 Å². The first-order valence-corrected chi connectivity index (χ1v) is 5.87. The van der Waals surface area contributed by atoms with Crippen LogP contribution in [0.1, 0.15) is 20.8 Å². The number of rotatable bonds is 4. The van der Waals surface area contributed by atoms with Gasteiger partial charge in [0, 0.05) is 19.2 Å². The average Bonchev–Trinajstić information content (AvgIpc) is 1.96. The van der Waals surface area contributed by atoms with E-state index in [-0.39, 0.29) is 0 Å². The molecular formula is C8H18N2O2S. The van der Waals surface area contributed by atoms with Gasteiger partial charge in [0.05, 0.1) is 0 Å². The zero-order valence-corrected chi connectivity index (χ0v) is 9.38. The molecule has 0 aromatic rings. The van der Waals surface area contributed by atoms with E-state index < -0.39 is 10.8 Å². The number of hydrogen-bond acceptors (Lipinski definition) is 4. The van der Waals surface area contributed by atoms with Crippen molar-refractivity contribution in [1.82, 2.24) is 4.41 Å². The molecule has 0 heterocycles. The van der Waals surface area contributed by atoms with Crippen LogP contribution in [0, 0.1) is 5.92 Å². The van der Waals surface area contributed by atoms with Crippen LogP contribution in [-0.4, -0.2) is 26.5 Å². The molecule has 0 bridgehead atoms. The van der Waals surface area contributed by atoms with Crippen LogP contribution in [0.25, 0.3) is 0 Å². The SMILES string of the molecule is C=NN(/C=C(\C)C(C)C)S(C)(O)O. The predicted molar refractivity (Wildman–Crippen MR) is 58.8 cm³/mol. The smallest absolute Gasteiger partial charge is 0.0485 e. The number of hydrogen-bond donors (Lipinski definition) is 2. The number of allylic oxidation sites excluding steroid dienone is 1. The third-order valence-electron chi connectivity index (χ3n) is 1.72. The van der Waals surface area contributed by atoms with Crippen molar-refractivity contribution in [3.63, 3.8) is 0 Å². The molecule has 0 aliphatic heterocycles. The topological polar surface area (TPSA) is 56.1 Å². The minimum atomic E-state index is -2.82. The van der Waals surface area contributed by atoms with Gasteiger partial charge in [-0.05, 0) is 12.8 Å². The van der Waals surface area contributed by atoms with Crippen LogP contribution >= 0.6 is 10.8 Å². The Morgan fingerprint density at radius 2 is 2.00 bits per heavy atom. The fourth-order valence-electron chi connectivity index (χ4n) is 0.573. The highest BCUT2D eigenvalue weighted by Gasteiger charge is 2.12. The van der Waals surface area contributed by atoms with Gasteiger partial charge in [-0.1, -0.05) is 19.4 Å². The van der Waals surface area contributed by atoms with Crippen molar-refractivity contribution in [3.05, 3.63) is 11.8 Å². The quantitative estimate of drug-likeness (QED) is 0.549. The second-order valence-corrected chi connectivity index (χ2v) is 5.22. The summed E-state index contributed by atoms with van der Waals surface area (Å²) in [5, 5.41) is 3.53. The molecule has 78 valence electrons. The zero-order valence-electron chi connectivity index (χ0n) is 8.56. The van der Waals surface area contributed by atoms with Gasteiger partial charge >= 0.3 is 0 Å². The molecule has 4 nitrogen and oxygen atoms in total. The summed E-state index contributed by atoms with van der Waals surface area (Å²) in [6, 6.07) is 0. The van der Waals surface area contributed by atoms with Gasteiger partial charge in [-0.15, -0.1) is 10.8 Å². The molecule has 0 atom stereocenters. The lowest BCUT2D eigenvalue weighted by Crippen LogP contribution is -2.16. The normalized spacial score (nSPS) is 14.5. The Kier molecular flexibility index (Phi) is 4.46. The maximum Gasteiger partial charge on any atom is 0.0485 e. The van der Waals surface area contributed by atoms with Crippen molar-refractivity contribution in [1.29, 1.82) is 0 Å². The summed E-state index contributed by atoms with van der Waals surface area (Å²) in [5.74, 6) is 0.353. The lowest BCUT2D eigenvalue weighted by atomic mass is 10.1. The maximum atomic E-state index is 9.29. The monoisotopic (exact) mass is 206 g/mol. The molecule has 0 aliphatic carbocycles. The molecular weight excluding hydrogens is 188 g/mol. The third kappa shape index (κ3) is 4.31. The lowest BCUT2D eigenvalue weighted by Gasteiger charge is -2.35. The maximum absolute atomic E-state index is 9.29. The van der Waals surface area contributed by atoms with Crippen LogP contribution in [0.2, 0.25) is 0 Å². The Morgan fingerprint density at radius 1 is 1.54 bits per heavy atom. The summed E-state index contributed by atoms with van der Waals surface area (Å²) in [7, 11) is -2.82.